The number of hydrogen-bond donors (Lipinski definition) is 3. The molecule has 0 aliphatic carbocycles. The van der Waals surface area contributed by atoms with Crippen LogP contribution in [0.4, 0.5) is 10.2 Å². The quantitative estimate of drug-likeness (QED) is 0.629. The number of aromatic nitrogens is 3. The van der Waals surface area contributed by atoms with Crippen LogP contribution in [0.3, 0.4) is 0 Å². The third kappa shape index (κ3) is 2.10. The van der Waals surface area contributed by atoms with Crippen LogP contribution in [0.1, 0.15) is 13.2 Å². The number of anilines is 1. The van der Waals surface area contributed by atoms with Crippen molar-refractivity contribution in [1.29, 1.82) is 0 Å². The fourth-order valence-electron chi connectivity index (χ4n) is 2.60. The van der Waals surface area contributed by atoms with E-state index in [9.17, 15) is 14.6 Å². The van der Waals surface area contributed by atoms with Crippen LogP contribution in [0.5, 0.6) is 0 Å². The van der Waals surface area contributed by atoms with Crippen LogP contribution < -0.4 is 5.73 Å². The van der Waals surface area contributed by atoms with E-state index in [0.29, 0.717) is 16.9 Å². The molecule has 3 rings (SSSR count). The highest BCUT2D eigenvalue weighted by Crippen LogP contribution is 2.43. The van der Waals surface area contributed by atoms with Crippen molar-refractivity contribution >= 4 is 39.4 Å². The Bertz CT molecular complexity index is 692. The van der Waals surface area contributed by atoms with Crippen molar-refractivity contribution in [2.75, 3.05) is 12.3 Å². The minimum atomic E-state index is -2.07. The molecule has 9 heteroatoms. The number of halogens is 2. The molecule has 2 aromatic heterocycles. The Labute approximate surface area is 133 Å². The molecule has 0 radical (unpaired) electrons. The van der Waals surface area contributed by atoms with Crippen molar-refractivity contribution < 1.29 is 19.3 Å². The fraction of sp³-hybridized carbons (Fsp3) is 0.500. The Morgan fingerprint density at radius 2 is 2.29 bits per heavy atom. The largest absolute Gasteiger partial charge is 0.394 e. The lowest BCUT2D eigenvalue weighted by molar-refractivity contribution is -0.0564. The van der Waals surface area contributed by atoms with Gasteiger partial charge in [0.2, 0.25) is 0 Å². The van der Waals surface area contributed by atoms with Crippen LogP contribution in [0.15, 0.2) is 12.5 Å². The molecule has 1 saturated heterocycles. The number of ether oxygens (including phenoxy) is 1. The molecule has 0 bridgehead atoms. The van der Waals surface area contributed by atoms with Crippen molar-refractivity contribution in [3.05, 3.63) is 16.1 Å². The maximum Gasteiger partial charge on any atom is 0.181 e. The van der Waals surface area contributed by atoms with Crippen LogP contribution in [-0.4, -0.2) is 49.2 Å². The molecule has 7 nitrogen and oxygen atoms in total. The lowest BCUT2D eigenvalue weighted by Gasteiger charge is -2.25. The average Bonchev–Trinajstić information content (AvgIpc) is 2.87. The second kappa shape index (κ2) is 5.00. The Morgan fingerprint density at radius 1 is 1.57 bits per heavy atom. The van der Waals surface area contributed by atoms with E-state index in [0.717, 1.165) is 3.57 Å². The van der Waals surface area contributed by atoms with Crippen LogP contribution in [0, 0.1) is 3.57 Å². The van der Waals surface area contributed by atoms with E-state index in [1.807, 2.05) is 0 Å². The molecule has 3 heterocycles. The zero-order valence-corrected chi connectivity index (χ0v) is 13.2. The summed E-state index contributed by atoms with van der Waals surface area (Å²) in [5.74, 6) is 0.293. The standard InChI is InChI=1S/C12H14FIN4O3/c1-12(13)8(20)6(3-19)21-11(12)18-2-5(14)7-9(15)16-4-17-10(7)18/h2,4,6,8,11,19-20H,3H2,1H3,(H2,15,16,17)/t6-,8-,11-,12?/m1/s1. The van der Waals surface area contributed by atoms with Crippen LogP contribution in [-0.2, 0) is 4.74 Å². The third-order valence-corrected chi connectivity index (χ3v) is 4.56. The van der Waals surface area contributed by atoms with Gasteiger partial charge in [0.25, 0.3) is 0 Å². The summed E-state index contributed by atoms with van der Waals surface area (Å²) in [6.07, 6.45) is -0.592. The van der Waals surface area contributed by atoms with E-state index in [-0.39, 0.29) is 0 Å². The normalized spacial score (nSPS) is 32.9. The first-order valence-corrected chi connectivity index (χ1v) is 7.35. The molecule has 1 unspecified atom stereocenters. The summed E-state index contributed by atoms with van der Waals surface area (Å²) in [7, 11) is 0. The van der Waals surface area contributed by atoms with E-state index in [2.05, 4.69) is 32.6 Å². The van der Waals surface area contributed by atoms with Gasteiger partial charge in [0.15, 0.2) is 11.9 Å². The van der Waals surface area contributed by atoms with Crippen LogP contribution in [0.2, 0.25) is 0 Å². The molecule has 4 N–H and O–H groups in total. The number of hydrogen-bond acceptors (Lipinski definition) is 6. The number of fused-ring (bicyclic) bond motifs is 1. The molecule has 2 aromatic rings. The van der Waals surface area contributed by atoms with E-state index < -0.39 is 30.7 Å². The molecular formula is C12H14FIN4O3. The van der Waals surface area contributed by atoms with Crippen molar-refractivity contribution in [1.82, 2.24) is 14.5 Å². The molecule has 0 spiro atoms. The number of nitrogens with zero attached hydrogens (tertiary/aromatic N) is 3. The van der Waals surface area contributed by atoms with Crippen molar-refractivity contribution in [3.63, 3.8) is 0 Å². The van der Waals surface area contributed by atoms with Crippen molar-refractivity contribution in [3.8, 4) is 0 Å². The lowest BCUT2D eigenvalue weighted by Crippen LogP contribution is -2.40. The summed E-state index contributed by atoms with van der Waals surface area (Å²) in [5.41, 5.74) is 4.18. The zero-order valence-electron chi connectivity index (χ0n) is 11.1. The summed E-state index contributed by atoms with van der Waals surface area (Å²) in [6, 6.07) is 0. The highest BCUT2D eigenvalue weighted by Gasteiger charge is 2.55. The Hall–Kier alpha value is -1.04. The topological polar surface area (TPSA) is 106 Å². The van der Waals surface area contributed by atoms with Gasteiger partial charge in [0.1, 0.15) is 30.0 Å². The first kappa shape index (κ1) is 14.9. The van der Waals surface area contributed by atoms with Gasteiger partial charge < -0.3 is 25.3 Å². The third-order valence-electron chi connectivity index (χ3n) is 3.74. The molecular weight excluding hydrogens is 394 g/mol. The van der Waals surface area contributed by atoms with E-state index in [1.54, 1.807) is 6.20 Å². The number of aliphatic hydroxyl groups excluding tert-OH is 2. The monoisotopic (exact) mass is 408 g/mol. The van der Waals surface area contributed by atoms with E-state index >= 15 is 0 Å². The Morgan fingerprint density at radius 3 is 2.90 bits per heavy atom. The minimum absolute atomic E-state index is 0.293. The zero-order chi connectivity index (χ0) is 15.4. The fourth-order valence-corrected chi connectivity index (χ4v) is 3.42. The second-order valence-corrected chi connectivity index (χ2v) is 6.31. The van der Waals surface area contributed by atoms with Gasteiger partial charge in [0.05, 0.1) is 12.0 Å². The molecule has 4 atom stereocenters. The van der Waals surface area contributed by atoms with Gasteiger partial charge in [-0.15, -0.1) is 0 Å². The number of aliphatic hydroxyl groups is 2. The van der Waals surface area contributed by atoms with Gasteiger partial charge in [-0.05, 0) is 29.5 Å². The maximum absolute atomic E-state index is 14.8. The average molecular weight is 408 g/mol. The van der Waals surface area contributed by atoms with E-state index in [1.165, 1.54) is 17.8 Å². The van der Waals surface area contributed by atoms with Gasteiger partial charge in [-0.3, -0.25) is 0 Å². The molecule has 1 fully saturated rings. The predicted molar refractivity (Wildman–Crippen MR) is 81.2 cm³/mol. The number of nitrogen functional groups attached to an aromatic ring is 1. The number of alkyl halides is 1. The van der Waals surface area contributed by atoms with Gasteiger partial charge in [-0.25, -0.2) is 14.4 Å². The molecule has 21 heavy (non-hydrogen) atoms. The number of rotatable bonds is 2. The number of nitrogens with two attached hydrogens (primary N) is 1. The van der Waals surface area contributed by atoms with Gasteiger partial charge in [-0.2, -0.15) is 0 Å². The van der Waals surface area contributed by atoms with Crippen molar-refractivity contribution in [2.45, 2.75) is 31.0 Å². The van der Waals surface area contributed by atoms with Crippen molar-refractivity contribution in [2.24, 2.45) is 0 Å². The van der Waals surface area contributed by atoms with Gasteiger partial charge >= 0.3 is 0 Å². The molecule has 1 aliphatic rings. The smallest absolute Gasteiger partial charge is 0.181 e. The molecule has 0 amide bonds. The maximum atomic E-state index is 14.8. The second-order valence-electron chi connectivity index (χ2n) is 5.15. The van der Waals surface area contributed by atoms with Gasteiger partial charge in [-0.1, -0.05) is 0 Å². The molecule has 0 aromatic carbocycles. The summed E-state index contributed by atoms with van der Waals surface area (Å²) >= 11 is 2.05. The summed E-state index contributed by atoms with van der Waals surface area (Å²) < 4.78 is 22.5. The highest BCUT2D eigenvalue weighted by molar-refractivity contribution is 14.1. The Kier molecular flexibility index (Phi) is 3.55. The minimum Gasteiger partial charge on any atom is -0.394 e. The summed E-state index contributed by atoms with van der Waals surface area (Å²) in [6.45, 7) is 0.770. The molecule has 1 aliphatic heterocycles. The summed E-state index contributed by atoms with van der Waals surface area (Å²) in [5, 5.41) is 19.7. The van der Waals surface area contributed by atoms with Crippen LogP contribution in [0.25, 0.3) is 11.0 Å². The molecule has 0 saturated carbocycles. The molecule has 114 valence electrons. The first-order valence-electron chi connectivity index (χ1n) is 6.27. The first-order chi connectivity index (χ1) is 9.87. The van der Waals surface area contributed by atoms with Gasteiger partial charge in [0, 0.05) is 9.77 Å². The SMILES string of the molecule is CC1(F)[C@H](O)[C@@H](CO)O[C@H]1n1cc(I)c2c(N)ncnc21. The Balaban J connectivity index is 2.15. The highest BCUT2D eigenvalue weighted by atomic mass is 127. The van der Waals surface area contributed by atoms with E-state index in [4.69, 9.17) is 10.5 Å². The van der Waals surface area contributed by atoms with Crippen LogP contribution >= 0.6 is 22.6 Å². The lowest BCUT2D eigenvalue weighted by atomic mass is 9.98. The predicted octanol–water partition coefficient (Wildman–Crippen LogP) is 0.597. The summed E-state index contributed by atoms with van der Waals surface area (Å²) in [4.78, 5) is 8.04.